The number of carbonyl (C=O) groups is 1. The summed E-state index contributed by atoms with van der Waals surface area (Å²) in [6, 6.07) is -0.0162. The van der Waals surface area contributed by atoms with Crippen LogP contribution < -0.4 is 5.32 Å². The van der Waals surface area contributed by atoms with Crippen molar-refractivity contribution in [2.24, 2.45) is 0 Å². The summed E-state index contributed by atoms with van der Waals surface area (Å²) in [4.78, 5) is 14.1. The molecule has 0 aromatic carbocycles. The Balaban J connectivity index is 2.44. The van der Waals surface area contributed by atoms with Crippen molar-refractivity contribution < 1.29 is 14.3 Å². The molecule has 0 bridgehead atoms. The minimum atomic E-state index is -0.0162. The van der Waals surface area contributed by atoms with Crippen LogP contribution in [-0.2, 0) is 14.3 Å². The molecule has 1 rings (SSSR count). The van der Waals surface area contributed by atoms with Gasteiger partial charge in [-0.3, -0.25) is 4.79 Å². The zero-order valence-corrected chi connectivity index (χ0v) is 10.9. The lowest BCUT2D eigenvalue weighted by Gasteiger charge is -2.29. The molecule has 0 aromatic rings. The maximum absolute atomic E-state index is 12.3. The zero-order chi connectivity index (χ0) is 12.5. The average Bonchev–Trinajstić information content (AvgIpc) is 2.39. The number of hydrogen-bond acceptors (Lipinski definition) is 4. The van der Waals surface area contributed by atoms with Crippen LogP contribution in [0.25, 0.3) is 0 Å². The van der Waals surface area contributed by atoms with Gasteiger partial charge in [0.25, 0.3) is 0 Å². The van der Waals surface area contributed by atoms with Crippen LogP contribution in [0.15, 0.2) is 0 Å². The minimum Gasteiger partial charge on any atom is -0.383 e. The highest BCUT2D eigenvalue weighted by atomic mass is 16.5. The van der Waals surface area contributed by atoms with Crippen molar-refractivity contribution in [2.45, 2.75) is 25.3 Å². The van der Waals surface area contributed by atoms with E-state index in [-0.39, 0.29) is 11.9 Å². The predicted molar refractivity (Wildman–Crippen MR) is 66.0 cm³/mol. The molecular formula is C12H24N2O3. The predicted octanol–water partition coefficient (Wildman–Crippen LogP) is 0.250. The second-order valence-corrected chi connectivity index (χ2v) is 4.31. The number of piperidine rings is 1. The normalized spacial score (nSPS) is 20.2. The van der Waals surface area contributed by atoms with Crippen LogP contribution in [0, 0.1) is 0 Å². The lowest BCUT2D eigenvalue weighted by atomic mass is 10.0. The maximum atomic E-state index is 12.3. The molecule has 1 amide bonds. The molecule has 1 atom stereocenters. The quantitative estimate of drug-likeness (QED) is 0.697. The molecule has 0 unspecified atom stereocenters. The van der Waals surface area contributed by atoms with Gasteiger partial charge in [0.05, 0.1) is 19.3 Å². The highest BCUT2D eigenvalue weighted by Crippen LogP contribution is 2.09. The van der Waals surface area contributed by atoms with E-state index in [9.17, 15) is 4.79 Å². The van der Waals surface area contributed by atoms with Crippen molar-refractivity contribution in [1.29, 1.82) is 0 Å². The molecule has 1 saturated heterocycles. The monoisotopic (exact) mass is 244 g/mol. The lowest BCUT2D eigenvalue weighted by molar-refractivity contribution is -0.135. The van der Waals surface area contributed by atoms with E-state index in [4.69, 9.17) is 9.47 Å². The topological polar surface area (TPSA) is 50.8 Å². The molecule has 17 heavy (non-hydrogen) atoms. The Labute approximate surface area is 103 Å². The van der Waals surface area contributed by atoms with Crippen molar-refractivity contribution in [3.05, 3.63) is 0 Å². The number of hydrogen-bond donors (Lipinski definition) is 1. The van der Waals surface area contributed by atoms with Gasteiger partial charge in [-0.05, 0) is 19.4 Å². The van der Waals surface area contributed by atoms with E-state index in [0.717, 1.165) is 19.4 Å². The van der Waals surface area contributed by atoms with Crippen LogP contribution in [0.4, 0.5) is 0 Å². The zero-order valence-electron chi connectivity index (χ0n) is 10.9. The van der Waals surface area contributed by atoms with E-state index in [2.05, 4.69) is 5.32 Å². The standard InChI is InChI=1S/C12H24N2O3/c1-16-9-7-14(8-10-17-2)12(15)11-5-3-4-6-13-11/h11,13H,3-10H2,1-2H3/t11-/m0/s1. The van der Waals surface area contributed by atoms with Crippen LogP contribution >= 0.6 is 0 Å². The van der Waals surface area contributed by atoms with Crippen LogP contribution in [0.2, 0.25) is 0 Å². The molecule has 100 valence electrons. The summed E-state index contributed by atoms with van der Waals surface area (Å²) in [6.07, 6.45) is 3.24. The summed E-state index contributed by atoms with van der Waals surface area (Å²) in [5, 5.41) is 3.28. The number of carbonyl (C=O) groups excluding carboxylic acids is 1. The number of methoxy groups -OCH3 is 2. The Bertz CT molecular complexity index is 210. The molecule has 1 fully saturated rings. The summed E-state index contributed by atoms with van der Waals surface area (Å²) in [5.74, 6) is 0.179. The molecule has 5 nitrogen and oxygen atoms in total. The van der Waals surface area contributed by atoms with E-state index in [1.807, 2.05) is 4.90 Å². The molecule has 5 heteroatoms. The van der Waals surface area contributed by atoms with Crippen molar-refractivity contribution in [2.75, 3.05) is 47.1 Å². The second kappa shape index (κ2) is 8.44. The second-order valence-electron chi connectivity index (χ2n) is 4.31. The van der Waals surface area contributed by atoms with E-state index >= 15 is 0 Å². The van der Waals surface area contributed by atoms with Crippen LogP contribution in [-0.4, -0.2) is 63.9 Å². The number of rotatable bonds is 7. The molecule has 0 spiro atoms. The fraction of sp³-hybridized carbons (Fsp3) is 0.917. The van der Waals surface area contributed by atoms with Gasteiger partial charge in [-0.25, -0.2) is 0 Å². The number of nitrogens with one attached hydrogen (secondary N) is 1. The summed E-state index contributed by atoms with van der Waals surface area (Å²) in [6.45, 7) is 3.36. The third-order valence-corrected chi connectivity index (χ3v) is 3.05. The van der Waals surface area contributed by atoms with Crippen molar-refractivity contribution in [3.8, 4) is 0 Å². The molecule has 0 saturated carbocycles. The Morgan fingerprint density at radius 1 is 1.24 bits per heavy atom. The first kappa shape index (κ1) is 14.4. The molecule has 0 aromatic heterocycles. The molecule has 0 aliphatic carbocycles. The summed E-state index contributed by atoms with van der Waals surface area (Å²) in [5.41, 5.74) is 0. The number of nitrogens with zero attached hydrogens (tertiary/aromatic N) is 1. The van der Waals surface area contributed by atoms with Gasteiger partial charge in [0.1, 0.15) is 0 Å². The molecule has 0 radical (unpaired) electrons. The summed E-state index contributed by atoms with van der Waals surface area (Å²) >= 11 is 0. The molecule has 1 aliphatic rings. The van der Waals surface area contributed by atoms with Gasteiger partial charge in [0.15, 0.2) is 0 Å². The SMILES string of the molecule is COCCN(CCOC)C(=O)[C@@H]1CCCCN1. The smallest absolute Gasteiger partial charge is 0.239 e. The van der Waals surface area contributed by atoms with Gasteiger partial charge in [-0.15, -0.1) is 0 Å². The van der Waals surface area contributed by atoms with Gasteiger partial charge in [-0.2, -0.15) is 0 Å². The first-order valence-corrected chi connectivity index (χ1v) is 6.29. The fourth-order valence-electron chi connectivity index (χ4n) is 2.02. The van der Waals surface area contributed by atoms with E-state index < -0.39 is 0 Å². The van der Waals surface area contributed by atoms with Crippen LogP contribution in [0.3, 0.4) is 0 Å². The van der Waals surface area contributed by atoms with Crippen molar-refractivity contribution in [3.63, 3.8) is 0 Å². The van der Waals surface area contributed by atoms with E-state index in [0.29, 0.717) is 26.3 Å². The van der Waals surface area contributed by atoms with Gasteiger partial charge >= 0.3 is 0 Å². The van der Waals surface area contributed by atoms with E-state index in [1.54, 1.807) is 14.2 Å². The van der Waals surface area contributed by atoms with Crippen molar-refractivity contribution in [1.82, 2.24) is 10.2 Å². The number of amides is 1. The van der Waals surface area contributed by atoms with Crippen molar-refractivity contribution >= 4 is 5.91 Å². The Morgan fingerprint density at radius 3 is 2.35 bits per heavy atom. The number of ether oxygens (including phenoxy) is 2. The first-order chi connectivity index (χ1) is 8.29. The maximum Gasteiger partial charge on any atom is 0.239 e. The van der Waals surface area contributed by atoms with Gasteiger partial charge < -0.3 is 19.7 Å². The Morgan fingerprint density at radius 2 is 1.88 bits per heavy atom. The highest BCUT2D eigenvalue weighted by molar-refractivity contribution is 5.82. The first-order valence-electron chi connectivity index (χ1n) is 6.29. The van der Waals surface area contributed by atoms with Gasteiger partial charge in [0.2, 0.25) is 5.91 Å². The molecule has 1 aliphatic heterocycles. The highest BCUT2D eigenvalue weighted by Gasteiger charge is 2.25. The molecule has 1 N–H and O–H groups in total. The molecule has 1 heterocycles. The third kappa shape index (κ3) is 5.02. The minimum absolute atomic E-state index is 0.0162. The van der Waals surface area contributed by atoms with Gasteiger partial charge in [0, 0.05) is 27.3 Å². The average molecular weight is 244 g/mol. The third-order valence-electron chi connectivity index (χ3n) is 3.05. The van der Waals surface area contributed by atoms with Gasteiger partial charge in [-0.1, -0.05) is 6.42 Å². The fourth-order valence-corrected chi connectivity index (χ4v) is 2.02. The van der Waals surface area contributed by atoms with Crippen LogP contribution in [0.1, 0.15) is 19.3 Å². The Hall–Kier alpha value is -0.650. The van der Waals surface area contributed by atoms with E-state index in [1.165, 1.54) is 6.42 Å². The Kier molecular flexibility index (Phi) is 7.16. The largest absolute Gasteiger partial charge is 0.383 e. The summed E-state index contributed by atoms with van der Waals surface area (Å²) in [7, 11) is 3.30. The summed E-state index contributed by atoms with van der Waals surface area (Å²) < 4.78 is 10.1. The molecular weight excluding hydrogens is 220 g/mol. The lowest BCUT2D eigenvalue weighted by Crippen LogP contribution is -2.50. The van der Waals surface area contributed by atoms with Crippen LogP contribution in [0.5, 0.6) is 0 Å².